The Morgan fingerprint density at radius 3 is 2.21 bits per heavy atom. The van der Waals surface area contributed by atoms with Gasteiger partial charge in [0.1, 0.15) is 5.82 Å². The summed E-state index contributed by atoms with van der Waals surface area (Å²) < 4.78 is 6.02. The normalized spacial score (nSPS) is 10.7. The molecule has 0 radical (unpaired) electrons. The summed E-state index contributed by atoms with van der Waals surface area (Å²) in [6, 6.07) is 18.2. The average molecular weight is 382 g/mol. The molecule has 5 nitrogen and oxygen atoms in total. The Hall–Kier alpha value is -3.60. The van der Waals surface area contributed by atoms with Gasteiger partial charge in [0.05, 0.1) is 12.4 Å². The van der Waals surface area contributed by atoms with E-state index in [0.29, 0.717) is 11.6 Å². The predicted octanol–water partition coefficient (Wildman–Crippen LogP) is 5.07. The zero-order chi connectivity index (χ0) is 19.9. The minimum atomic E-state index is 0.524. The Labute approximate surface area is 170 Å². The Morgan fingerprint density at radius 2 is 1.45 bits per heavy atom. The maximum Gasteiger partial charge on any atom is 0.227 e. The molecular weight excluding hydrogens is 360 g/mol. The second-order valence-corrected chi connectivity index (χ2v) is 6.63. The van der Waals surface area contributed by atoms with E-state index in [2.05, 4.69) is 39.0 Å². The standard InChI is InChI=1S/C24H22N4O/c1-2-22-20(10-6-14-25-22)21-11-7-15-26-24(21)29-19-16-27-23(28-17-19)13-12-18-8-4-3-5-9-18/h3-11,14-17H,2,12-13H2,1H3. The van der Waals surface area contributed by atoms with Crippen LogP contribution >= 0.6 is 0 Å². The number of pyridine rings is 2. The first-order valence-electron chi connectivity index (χ1n) is 9.75. The van der Waals surface area contributed by atoms with Crippen LogP contribution in [0.25, 0.3) is 11.1 Å². The minimum Gasteiger partial charge on any atom is -0.435 e. The Balaban J connectivity index is 1.50. The van der Waals surface area contributed by atoms with Gasteiger partial charge < -0.3 is 4.74 Å². The molecule has 0 aliphatic carbocycles. The summed E-state index contributed by atoms with van der Waals surface area (Å²) in [6.45, 7) is 2.09. The van der Waals surface area contributed by atoms with Gasteiger partial charge in [-0.05, 0) is 36.6 Å². The molecule has 5 heteroatoms. The molecule has 3 aromatic heterocycles. The van der Waals surface area contributed by atoms with Crippen molar-refractivity contribution in [2.45, 2.75) is 26.2 Å². The number of rotatable bonds is 7. The summed E-state index contributed by atoms with van der Waals surface area (Å²) in [5, 5.41) is 0. The monoisotopic (exact) mass is 382 g/mol. The van der Waals surface area contributed by atoms with Crippen LogP contribution < -0.4 is 4.74 Å². The van der Waals surface area contributed by atoms with Crippen molar-refractivity contribution in [3.8, 4) is 22.8 Å². The topological polar surface area (TPSA) is 60.8 Å². The highest BCUT2D eigenvalue weighted by atomic mass is 16.5. The molecule has 144 valence electrons. The zero-order valence-corrected chi connectivity index (χ0v) is 16.3. The number of benzene rings is 1. The van der Waals surface area contributed by atoms with E-state index in [-0.39, 0.29) is 0 Å². The summed E-state index contributed by atoms with van der Waals surface area (Å²) in [5.41, 5.74) is 4.22. The Morgan fingerprint density at radius 1 is 0.724 bits per heavy atom. The van der Waals surface area contributed by atoms with Crippen LogP contribution in [0.4, 0.5) is 0 Å². The Bertz CT molecular complexity index is 1070. The number of aromatic nitrogens is 4. The van der Waals surface area contributed by atoms with Crippen LogP contribution in [-0.4, -0.2) is 19.9 Å². The van der Waals surface area contributed by atoms with Gasteiger partial charge in [0.25, 0.3) is 0 Å². The minimum absolute atomic E-state index is 0.524. The van der Waals surface area contributed by atoms with E-state index in [0.717, 1.165) is 41.9 Å². The predicted molar refractivity (Wildman–Crippen MR) is 113 cm³/mol. The van der Waals surface area contributed by atoms with Crippen LogP contribution in [0, 0.1) is 0 Å². The molecule has 0 bridgehead atoms. The lowest BCUT2D eigenvalue weighted by atomic mass is 10.0. The summed E-state index contributed by atoms with van der Waals surface area (Å²) in [6.07, 6.45) is 9.47. The molecule has 0 aliphatic rings. The molecule has 29 heavy (non-hydrogen) atoms. The van der Waals surface area contributed by atoms with Crippen molar-refractivity contribution in [2.75, 3.05) is 0 Å². The van der Waals surface area contributed by atoms with Crippen LogP contribution in [0.3, 0.4) is 0 Å². The van der Waals surface area contributed by atoms with Crippen LogP contribution in [0.2, 0.25) is 0 Å². The van der Waals surface area contributed by atoms with Crippen molar-refractivity contribution in [2.24, 2.45) is 0 Å². The number of hydrogen-bond donors (Lipinski definition) is 0. The van der Waals surface area contributed by atoms with Gasteiger partial charge >= 0.3 is 0 Å². The van der Waals surface area contributed by atoms with E-state index >= 15 is 0 Å². The first-order valence-corrected chi connectivity index (χ1v) is 9.75. The highest BCUT2D eigenvalue weighted by Crippen LogP contribution is 2.32. The third kappa shape index (κ3) is 4.63. The molecule has 0 atom stereocenters. The number of nitrogens with zero attached hydrogens (tertiary/aromatic N) is 4. The van der Waals surface area contributed by atoms with Gasteiger partial charge in [-0.3, -0.25) is 4.98 Å². The molecule has 0 saturated heterocycles. The lowest BCUT2D eigenvalue weighted by molar-refractivity contribution is 0.459. The van der Waals surface area contributed by atoms with Crippen LogP contribution in [0.5, 0.6) is 11.6 Å². The second kappa shape index (κ2) is 9.06. The lowest BCUT2D eigenvalue weighted by Gasteiger charge is -2.12. The molecule has 0 amide bonds. The number of aryl methyl sites for hydroxylation is 3. The summed E-state index contributed by atoms with van der Waals surface area (Å²) in [7, 11) is 0. The van der Waals surface area contributed by atoms with Crippen LogP contribution in [0.1, 0.15) is 24.0 Å². The van der Waals surface area contributed by atoms with E-state index in [1.54, 1.807) is 24.8 Å². The third-order valence-electron chi connectivity index (χ3n) is 4.66. The maximum atomic E-state index is 6.02. The zero-order valence-electron chi connectivity index (χ0n) is 16.3. The van der Waals surface area contributed by atoms with E-state index in [1.807, 2.05) is 42.5 Å². The van der Waals surface area contributed by atoms with Gasteiger partial charge in [-0.25, -0.2) is 15.0 Å². The van der Waals surface area contributed by atoms with Crippen molar-refractivity contribution in [1.29, 1.82) is 0 Å². The Kier molecular flexibility index (Phi) is 5.86. The van der Waals surface area contributed by atoms with Gasteiger partial charge in [-0.15, -0.1) is 0 Å². The molecule has 4 rings (SSSR count). The van der Waals surface area contributed by atoms with E-state index in [1.165, 1.54) is 5.56 Å². The molecule has 4 aromatic rings. The molecule has 0 aliphatic heterocycles. The van der Waals surface area contributed by atoms with Gasteiger partial charge in [-0.2, -0.15) is 0 Å². The molecule has 0 fully saturated rings. The van der Waals surface area contributed by atoms with Crippen LogP contribution in [-0.2, 0) is 19.3 Å². The maximum absolute atomic E-state index is 6.02. The fourth-order valence-electron chi connectivity index (χ4n) is 3.18. The van der Waals surface area contributed by atoms with E-state index in [4.69, 9.17) is 4.74 Å². The van der Waals surface area contributed by atoms with Gasteiger partial charge in [0.15, 0.2) is 5.75 Å². The summed E-state index contributed by atoms with van der Waals surface area (Å²) >= 11 is 0. The molecule has 1 aromatic carbocycles. The van der Waals surface area contributed by atoms with Crippen LogP contribution in [0.15, 0.2) is 79.4 Å². The van der Waals surface area contributed by atoms with Crippen molar-refractivity contribution in [3.05, 3.63) is 96.5 Å². The first kappa shape index (κ1) is 18.7. The SMILES string of the molecule is CCc1ncccc1-c1cccnc1Oc1cnc(CCc2ccccc2)nc1. The van der Waals surface area contributed by atoms with E-state index in [9.17, 15) is 0 Å². The quantitative estimate of drug-likeness (QED) is 0.446. The van der Waals surface area contributed by atoms with Gasteiger partial charge in [0, 0.05) is 35.6 Å². The summed E-state index contributed by atoms with van der Waals surface area (Å²) in [4.78, 5) is 17.8. The van der Waals surface area contributed by atoms with Crippen molar-refractivity contribution < 1.29 is 4.74 Å². The summed E-state index contributed by atoms with van der Waals surface area (Å²) in [5.74, 6) is 1.88. The number of ether oxygens (including phenoxy) is 1. The molecule has 0 N–H and O–H groups in total. The van der Waals surface area contributed by atoms with E-state index < -0.39 is 0 Å². The first-order chi connectivity index (χ1) is 14.3. The lowest BCUT2D eigenvalue weighted by Crippen LogP contribution is -1.99. The third-order valence-corrected chi connectivity index (χ3v) is 4.66. The van der Waals surface area contributed by atoms with Crippen molar-refractivity contribution in [1.82, 2.24) is 19.9 Å². The molecule has 3 heterocycles. The van der Waals surface area contributed by atoms with Crippen molar-refractivity contribution in [3.63, 3.8) is 0 Å². The molecule has 0 spiro atoms. The van der Waals surface area contributed by atoms with Crippen molar-refractivity contribution >= 4 is 0 Å². The average Bonchev–Trinajstić information content (AvgIpc) is 2.80. The van der Waals surface area contributed by atoms with Gasteiger partial charge in [-0.1, -0.05) is 43.3 Å². The smallest absolute Gasteiger partial charge is 0.227 e. The molecule has 0 unspecified atom stereocenters. The fourth-order valence-corrected chi connectivity index (χ4v) is 3.18. The highest BCUT2D eigenvalue weighted by Gasteiger charge is 2.12. The largest absolute Gasteiger partial charge is 0.435 e. The van der Waals surface area contributed by atoms with Gasteiger partial charge in [0.2, 0.25) is 5.88 Å². The molecular formula is C24H22N4O. The number of hydrogen-bond acceptors (Lipinski definition) is 5. The highest BCUT2D eigenvalue weighted by molar-refractivity contribution is 5.70. The second-order valence-electron chi connectivity index (χ2n) is 6.63. The molecule has 0 saturated carbocycles. The fraction of sp³-hybridized carbons (Fsp3) is 0.167.